The zero-order valence-corrected chi connectivity index (χ0v) is 6.94. The Kier molecular flexibility index (Phi) is 1.69. The molecule has 0 N–H and O–H groups in total. The predicted molar refractivity (Wildman–Crippen MR) is 46.5 cm³/mol. The molecule has 0 amide bonds. The molecule has 1 aromatic carbocycles. The highest BCUT2D eigenvalue weighted by atomic mass is 16.5. The van der Waals surface area contributed by atoms with E-state index < -0.39 is 0 Å². The summed E-state index contributed by atoms with van der Waals surface area (Å²) in [5, 5.41) is 4.72. The molecule has 0 bridgehead atoms. The van der Waals surface area contributed by atoms with Crippen LogP contribution in [0, 0.1) is 6.92 Å². The molecule has 0 atom stereocenters. The van der Waals surface area contributed by atoms with Gasteiger partial charge in [0.05, 0.1) is 11.4 Å². The van der Waals surface area contributed by atoms with Gasteiger partial charge in [-0.25, -0.2) is 4.79 Å². The van der Waals surface area contributed by atoms with E-state index in [1.165, 1.54) is 6.08 Å². The largest absolute Gasteiger partial charge is 0.356 e. The third-order valence-corrected chi connectivity index (χ3v) is 1.81. The Morgan fingerprint density at radius 1 is 1.54 bits per heavy atom. The minimum atomic E-state index is 0.527. The Hall–Kier alpha value is -1.93. The van der Waals surface area contributed by atoms with Gasteiger partial charge in [-0.05, 0) is 19.1 Å². The molecule has 0 saturated carbocycles. The standard InChI is InChI=1S/C9H6N2O2/c1-6-8-3-2-7(10-5-12)4-9(8)13-11-6/h2-4H,1H3. The summed E-state index contributed by atoms with van der Waals surface area (Å²) < 4.78 is 5.00. The number of carbonyl (C=O) groups excluding carboxylic acids is 1. The van der Waals surface area contributed by atoms with E-state index in [9.17, 15) is 4.79 Å². The second kappa shape index (κ2) is 2.84. The number of benzene rings is 1. The molecule has 64 valence electrons. The predicted octanol–water partition coefficient (Wildman–Crippen LogP) is 2.10. The van der Waals surface area contributed by atoms with Gasteiger partial charge in [0.2, 0.25) is 6.08 Å². The number of rotatable bonds is 1. The van der Waals surface area contributed by atoms with Gasteiger partial charge >= 0.3 is 0 Å². The number of fused-ring (bicyclic) bond motifs is 1. The van der Waals surface area contributed by atoms with Crippen LogP contribution in [0.3, 0.4) is 0 Å². The molecule has 0 aliphatic carbocycles. The number of nitrogens with zero attached hydrogens (tertiary/aromatic N) is 2. The van der Waals surface area contributed by atoms with Gasteiger partial charge in [0.1, 0.15) is 0 Å². The van der Waals surface area contributed by atoms with Crippen molar-refractivity contribution in [1.29, 1.82) is 0 Å². The topological polar surface area (TPSA) is 55.5 Å². The van der Waals surface area contributed by atoms with Crippen LogP contribution in [0.2, 0.25) is 0 Å². The van der Waals surface area contributed by atoms with Crippen LogP contribution in [0.5, 0.6) is 0 Å². The van der Waals surface area contributed by atoms with Crippen molar-refractivity contribution in [3.8, 4) is 0 Å². The van der Waals surface area contributed by atoms with Crippen LogP contribution in [0.4, 0.5) is 5.69 Å². The van der Waals surface area contributed by atoms with E-state index in [2.05, 4.69) is 10.1 Å². The second-order valence-electron chi connectivity index (χ2n) is 2.65. The first-order chi connectivity index (χ1) is 6.31. The van der Waals surface area contributed by atoms with Crippen LogP contribution in [-0.4, -0.2) is 11.2 Å². The van der Waals surface area contributed by atoms with Gasteiger partial charge in [-0.2, -0.15) is 4.99 Å². The summed E-state index contributed by atoms with van der Waals surface area (Å²) >= 11 is 0. The highest BCUT2D eigenvalue weighted by Crippen LogP contribution is 2.22. The molecule has 0 radical (unpaired) electrons. The normalized spacial score (nSPS) is 9.92. The van der Waals surface area contributed by atoms with Gasteiger partial charge < -0.3 is 4.52 Å². The van der Waals surface area contributed by atoms with Crippen LogP contribution in [-0.2, 0) is 4.79 Å². The second-order valence-corrected chi connectivity index (χ2v) is 2.65. The monoisotopic (exact) mass is 174 g/mol. The molecule has 0 aliphatic rings. The van der Waals surface area contributed by atoms with Crippen molar-refractivity contribution in [2.24, 2.45) is 4.99 Å². The Labute approximate surface area is 73.9 Å². The number of isocyanates is 1. The molecule has 4 nitrogen and oxygen atoms in total. The Bertz CT molecular complexity index is 495. The summed E-state index contributed by atoms with van der Waals surface area (Å²) in [5.74, 6) is 0. The molecule has 13 heavy (non-hydrogen) atoms. The molecule has 2 rings (SSSR count). The molecule has 0 spiro atoms. The number of aliphatic imine (C=N–C) groups is 1. The molecular formula is C9H6N2O2. The molecule has 0 fully saturated rings. The fourth-order valence-electron chi connectivity index (χ4n) is 1.17. The van der Waals surface area contributed by atoms with Crippen LogP contribution < -0.4 is 0 Å². The van der Waals surface area contributed by atoms with E-state index in [1.54, 1.807) is 12.1 Å². The number of hydrogen-bond donors (Lipinski definition) is 0. The zero-order chi connectivity index (χ0) is 9.26. The number of aromatic nitrogens is 1. The summed E-state index contributed by atoms with van der Waals surface area (Å²) in [6.07, 6.45) is 1.47. The summed E-state index contributed by atoms with van der Waals surface area (Å²) in [7, 11) is 0. The van der Waals surface area contributed by atoms with Crippen LogP contribution in [0.15, 0.2) is 27.7 Å². The highest BCUT2D eigenvalue weighted by molar-refractivity contribution is 5.82. The summed E-state index contributed by atoms with van der Waals surface area (Å²) in [4.78, 5) is 13.5. The van der Waals surface area contributed by atoms with Crippen molar-refractivity contribution in [1.82, 2.24) is 5.16 Å². The van der Waals surface area contributed by atoms with Crippen molar-refractivity contribution >= 4 is 22.7 Å². The molecule has 0 saturated heterocycles. The van der Waals surface area contributed by atoms with Gasteiger partial charge in [0, 0.05) is 11.5 Å². The van der Waals surface area contributed by atoms with Gasteiger partial charge in [-0.3, -0.25) is 0 Å². The number of hydrogen-bond acceptors (Lipinski definition) is 4. The maximum absolute atomic E-state index is 9.98. The molecule has 0 unspecified atom stereocenters. The fourth-order valence-corrected chi connectivity index (χ4v) is 1.17. The van der Waals surface area contributed by atoms with E-state index in [1.807, 2.05) is 13.0 Å². The SMILES string of the molecule is Cc1noc2cc(N=C=O)ccc12. The molecular weight excluding hydrogens is 168 g/mol. The van der Waals surface area contributed by atoms with E-state index in [0.29, 0.717) is 11.3 Å². The van der Waals surface area contributed by atoms with Crippen molar-refractivity contribution in [3.63, 3.8) is 0 Å². The minimum absolute atomic E-state index is 0.527. The van der Waals surface area contributed by atoms with Crippen molar-refractivity contribution < 1.29 is 9.32 Å². The van der Waals surface area contributed by atoms with Gasteiger partial charge in [-0.1, -0.05) is 5.16 Å². The lowest BCUT2D eigenvalue weighted by Gasteiger charge is -1.88. The van der Waals surface area contributed by atoms with E-state index >= 15 is 0 Å². The highest BCUT2D eigenvalue weighted by Gasteiger charge is 2.03. The van der Waals surface area contributed by atoms with Gasteiger partial charge in [0.15, 0.2) is 5.58 Å². The molecule has 2 aromatic rings. The van der Waals surface area contributed by atoms with Crippen molar-refractivity contribution in [2.45, 2.75) is 6.92 Å². The Balaban J connectivity index is 2.69. The van der Waals surface area contributed by atoms with Gasteiger partial charge in [-0.15, -0.1) is 0 Å². The molecule has 0 aliphatic heterocycles. The van der Waals surface area contributed by atoms with Crippen LogP contribution in [0.1, 0.15) is 5.69 Å². The smallest absolute Gasteiger partial charge is 0.240 e. The first-order valence-electron chi connectivity index (χ1n) is 3.75. The molecule has 1 heterocycles. The first-order valence-corrected chi connectivity index (χ1v) is 3.75. The average Bonchev–Trinajstić information content (AvgIpc) is 2.48. The summed E-state index contributed by atoms with van der Waals surface area (Å²) in [6.45, 7) is 1.86. The quantitative estimate of drug-likeness (QED) is 0.491. The first kappa shape index (κ1) is 7.71. The third-order valence-electron chi connectivity index (χ3n) is 1.81. The number of aryl methyl sites for hydroxylation is 1. The Morgan fingerprint density at radius 2 is 2.38 bits per heavy atom. The average molecular weight is 174 g/mol. The van der Waals surface area contributed by atoms with Gasteiger partial charge in [0.25, 0.3) is 0 Å². The third kappa shape index (κ3) is 1.23. The van der Waals surface area contributed by atoms with E-state index in [0.717, 1.165) is 11.1 Å². The van der Waals surface area contributed by atoms with E-state index in [-0.39, 0.29) is 0 Å². The lowest BCUT2D eigenvalue weighted by atomic mass is 10.2. The summed E-state index contributed by atoms with van der Waals surface area (Å²) in [6, 6.07) is 5.19. The Morgan fingerprint density at radius 3 is 3.15 bits per heavy atom. The van der Waals surface area contributed by atoms with Crippen molar-refractivity contribution in [2.75, 3.05) is 0 Å². The maximum atomic E-state index is 9.98. The molecule has 4 heteroatoms. The lowest BCUT2D eigenvalue weighted by Crippen LogP contribution is -1.69. The van der Waals surface area contributed by atoms with Crippen LogP contribution in [0.25, 0.3) is 11.0 Å². The van der Waals surface area contributed by atoms with Crippen LogP contribution >= 0.6 is 0 Å². The summed E-state index contributed by atoms with van der Waals surface area (Å²) in [5.41, 5.74) is 1.99. The molecule has 1 aromatic heterocycles. The lowest BCUT2D eigenvalue weighted by molar-refractivity contribution is 0.450. The zero-order valence-electron chi connectivity index (χ0n) is 6.94. The van der Waals surface area contributed by atoms with E-state index in [4.69, 9.17) is 4.52 Å². The van der Waals surface area contributed by atoms with Crippen molar-refractivity contribution in [3.05, 3.63) is 23.9 Å². The maximum Gasteiger partial charge on any atom is 0.240 e. The minimum Gasteiger partial charge on any atom is -0.356 e. The fraction of sp³-hybridized carbons (Fsp3) is 0.111.